The second kappa shape index (κ2) is 4.57. The molecule has 2 rings (SSSR count). The molecule has 1 aromatic carbocycles. The number of nitrogen functional groups attached to an aromatic ring is 1. The highest BCUT2D eigenvalue weighted by Gasteiger charge is 2.00. The van der Waals surface area contributed by atoms with Gasteiger partial charge < -0.3 is 11.1 Å². The fourth-order valence-corrected chi connectivity index (χ4v) is 1.30. The summed E-state index contributed by atoms with van der Waals surface area (Å²) in [6.07, 6.45) is 1.55. The zero-order chi connectivity index (χ0) is 11.4. The summed E-state index contributed by atoms with van der Waals surface area (Å²) in [4.78, 5) is 7.72. The fourth-order valence-electron chi connectivity index (χ4n) is 1.30. The number of halogens is 1. The first-order valence-electron chi connectivity index (χ1n) is 4.81. The first-order chi connectivity index (χ1) is 7.75. The van der Waals surface area contributed by atoms with Crippen LogP contribution in [0.25, 0.3) is 0 Å². The van der Waals surface area contributed by atoms with E-state index in [2.05, 4.69) is 15.3 Å². The van der Waals surface area contributed by atoms with Crippen LogP contribution in [0.2, 0.25) is 0 Å². The maximum absolute atomic E-state index is 13.3. The van der Waals surface area contributed by atoms with Gasteiger partial charge in [0.2, 0.25) is 5.95 Å². The van der Waals surface area contributed by atoms with E-state index in [4.69, 9.17) is 5.73 Å². The third kappa shape index (κ3) is 2.44. The molecule has 0 saturated carbocycles. The van der Waals surface area contributed by atoms with Gasteiger partial charge in [-0.2, -0.15) is 4.98 Å². The van der Waals surface area contributed by atoms with Gasteiger partial charge in [0, 0.05) is 18.3 Å². The number of hydrogen-bond acceptors (Lipinski definition) is 4. The Morgan fingerprint density at radius 3 is 2.81 bits per heavy atom. The Kier molecular flexibility index (Phi) is 2.95. The molecule has 0 amide bonds. The predicted molar refractivity (Wildman–Crippen MR) is 60.2 cm³/mol. The van der Waals surface area contributed by atoms with Crippen LogP contribution in [0, 0.1) is 5.82 Å². The lowest BCUT2D eigenvalue weighted by molar-refractivity contribution is 0.613. The van der Waals surface area contributed by atoms with Crippen molar-refractivity contribution in [3.8, 4) is 0 Å². The van der Waals surface area contributed by atoms with E-state index < -0.39 is 0 Å². The number of rotatable bonds is 3. The number of hydrogen-bond donors (Lipinski definition) is 2. The van der Waals surface area contributed by atoms with Crippen LogP contribution >= 0.6 is 0 Å². The zero-order valence-corrected chi connectivity index (χ0v) is 8.52. The van der Waals surface area contributed by atoms with Gasteiger partial charge in [-0.3, -0.25) is 0 Å². The van der Waals surface area contributed by atoms with Crippen molar-refractivity contribution in [2.24, 2.45) is 0 Å². The molecular weight excluding hydrogens is 207 g/mol. The summed E-state index contributed by atoms with van der Waals surface area (Å²) in [5.74, 6) is 0.534. The van der Waals surface area contributed by atoms with Crippen LogP contribution in [0.4, 0.5) is 16.2 Å². The van der Waals surface area contributed by atoms with Crippen molar-refractivity contribution >= 4 is 11.8 Å². The van der Waals surface area contributed by atoms with Gasteiger partial charge in [-0.05, 0) is 12.1 Å². The number of nitrogens with two attached hydrogens (primary N) is 1. The standard InChI is InChI=1S/C11H11FN4/c12-9-4-2-1-3-8(9)7-15-10-5-6-14-11(13)16-10/h1-6H,7H2,(H3,13,14,15,16). The van der Waals surface area contributed by atoms with E-state index in [-0.39, 0.29) is 11.8 Å². The van der Waals surface area contributed by atoms with E-state index >= 15 is 0 Å². The number of nitrogens with one attached hydrogen (secondary N) is 1. The van der Waals surface area contributed by atoms with E-state index in [1.54, 1.807) is 30.5 Å². The zero-order valence-electron chi connectivity index (χ0n) is 8.52. The van der Waals surface area contributed by atoms with Gasteiger partial charge in [-0.1, -0.05) is 18.2 Å². The predicted octanol–water partition coefficient (Wildman–Crippen LogP) is 1.81. The summed E-state index contributed by atoms with van der Waals surface area (Å²) in [7, 11) is 0. The number of benzene rings is 1. The van der Waals surface area contributed by atoms with E-state index in [9.17, 15) is 4.39 Å². The Balaban J connectivity index is 2.05. The molecule has 0 fully saturated rings. The van der Waals surface area contributed by atoms with Gasteiger partial charge in [0.15, 0.2) is 0 Å². The Labute approximate surface area is 92.3 Å². The van der Waals surface area contributed by atoms with Gasteiger partial charge in [0.25, 0.3) is 0 Å². The monoisotopic (exact) mass is 218 g/mol. The summed E-state index contributed by atoms with van der Waals surface area (Å²) in [6, 6.07) is 8.26. The molecule has 0 aliphatic carbocycles. The van der Waals surface area contributed by atoms with Crippen LogP contribution in [0.1, 0.15) is 5.56 Å². The molecule has 0 bridgehead atoms. The molecule has 1 heterocycles. The van der Waals surface area contributed by atoms with Crippen LogP contribution in [-0.4, -0.2) is 9.97 Å². The normalized spacial score (nSPS) is 10.1. The molecule has 4 nitrogen and oxygen atoms in total. The molecule has 2 aromatic rings. The molecule has 82 valence electrons. The fraction of sp³-hybridized carbons (Fsp3) is 0.0909. The third-order valence-corrected chi connectivity index (χ3v) is 2.09. The Hall–Kier alpha value is -2.17. The molecule has 0 aliphatic rings. The van der Waals surface area contributed by atoms with Crippen molar-refractivity contribution in [1.29, 1.82) is 0 Å². The molecular formula is C11H11FN4. The number of anilines is 2. The second-order valence-corrected chi connectivity index (χ2v) is 3.25. The highest BCUT2D eigenvalue weighted by atomic mass is 19.1. The van der Waals surface area contributed by atoms with Gasteiger partial charge >= 0.3 is 0 Å². The highest BCUT2D eigenvalue weighted by molar-refractivity contribution is 5.38. The topological polar surface area (TPSA) is 63.8 Å². The summed E-state index contributed by atoms with van der Waals surface area (Å²) < 4.78 is 13.3. The molecule has 0 atom stereocenters. The quantitative estimate of drug-likeness (QED) is 0.824. The maximum atomic E-state index is 13.3. The SMILES string of the molecule is Nc1nccc(NCc2ccccc2F)n1. The molecule has 5 heteroatoms. The van der Waals surface area contributed by atoms with E-state index in [1.807, 2.05) is 0 Å². The smallest absolute Gasteiger partial charge is 0.221 e. The molecule has 0 radical (unpaired) electrons. The number of aromatic nitrogens is 2. The van der Waals surface area contributed by atoms with Gasteiger partial charge in [0.05, 0.1) is 0 Å². The van der Waals surface area contributed by atoms with Crippen molar-refractivity contribution < 1.29 is 4.39 Å². The molecule has 1 aromatic heterocycles. The molecule has 0 aliphatic heterocycles. The second-order valence-electron chi connectivity index (χ2n) is 3.25. The van der Waals surface area contributed by atoms with E-state index in [1.165, 1.54) is 6.07 Å². The Morgan fingerprint density at radius 1 is 1.25 bits per heavy atom. The molecule has 0 unspecified atom stereocenters. The van der Waals surface area contributed by atoms with Crippen LogP contribution in [0.15, 0.2) is 36.5 Å². The minimum atomic E-state index is -0.239. The summed E-state index contributed by atoms with van der Waals surface area (Å²) >= 11 is 0. The first kappa shape index (κ1) is 10.4. The van der Waals surface area contributed by atoms with Crippen molar-refractivity contribution in [1.82, 2.24) is 9.97 Å². The third-order valence-electron chi connectivity index (χ3n) is 2.09. The minimum absolute atomic E-state index is 0.193. The van der Waals surface area contributed by atoms with Crippen molar-refractivity contribution in [2.75, 3.05) is 11.1 Å². The van der Waals surface area contributed by atoms with E-state index in [0.29, 0.717) is 17.9 Å². The van der Waals surface area contributed by atoms with Crippen LogP contribution in [0.5, 0.6) is 0 Å². The average molecular weight is 218 g/mol. The van der Waals surface area contributed by atoms with Crippen LogP contribution in [-0.2, 0) is 6.54 Å². The summed E-state index contributed by atoms with van der Waals surface area (Å²) in [6.45, 7) is 0.364. The lowest BCUT2D eigenvalue weighted by Gasteiger charge is -2.06. The minimum Gasteiger partial charge on any atom is -0.368 e. The number of nitrogens with zero attached hydrogens (tertiary/aromatic N) is 2. The Morgan fingerprint density at radius 2 is 2.06 bits per heavy atom. The van der Waals surface area contributed by atoms with Gasteiger partial charge in [0.1, 0.15) is 11.6 Å². The van der Waals surface area contributed by atoms with Crippen LogP contribution < -0.4 is 11.1 Å². The van der Waals surface area contributed by atoms with Gasteiger partial charge in [-0.15, -0.1) is 0 Å². The lowest BCUT2D eigenvalue weighted by Crippen LogP contribution is -2.05. The maximum Gasteiger partial charge on any atom is 0.221 e. The summed E-state index contributed by atoms with van der Waals surface area (Å²) in [5, 5.41) is 2.97. The van der Waals surface area contributed by atoms with Crippen molar-refractivity contribution in [3.63, 3.8) is 0 Å². The molecule has 0 saturated heterocycles. The molecule has 16 heavy (non-hydrogen) atoms. The Bertz CT molecular complexity index is 487. The molecule has 0 spiro atoms. The lowest BCUT2D eigenvalue weighted by atomic mass is 10.2. The van der Waals surface area contributed by atoms with Crippen molar-refractivity contribution in [3.05, 3.63) is 47.9 Å². The van der Waals surface area contributed by atoms with Crippen LogP contribution in [0.3, 0.4) is 0 Å². The largest absolute Gasteiger partial charge is 0.368 e. The highest BCUT2D eigenvalue weighted by Crippen LogP contribution is 2.09. The summed E-state index contributed by atoms with van der Waals surface area (Å²) in [5.41, 5.74) is 6.00. The first-order valence-corrected chi connectivity index (χ1v) is 4.81. The molecule has 3 N–H and O–H groups in total. The van der Waals surface area contributed by atoms with E-state index in [0.717, 1.165) is 0 Å². The van der Waals surface area contributed by atoms with Crippen molar-refractivity contribution in [2.45, 2.75) is 6.54 Å². The average Bonchev–Trinajstić information content (AvgIpc) is 2.28. The van der Waals surface area contributed by atoms with Gasteiger partial charge in [-0.25, -0.2) is 9.37 Å².